The smallest absolute Gasteiger partial charge is 0.305 e. The molecule has 0 heterocycles. The van der Waals surface area contributed by atoms with Crippen LogP contribution < -0.4 is 5.32 Å². The lowest BCUT2D eigenvalue weighted by Gasteiger charge is -2.20. The summed E-state index contributed by atoms with van der Waals surface area (Å²) in [6.07, 6.45) is 89.1. The Morgan fingerprint density at radius 2 is 0.568 bits per heavy atom. The highest BCUT2D eigenvalue weighted by Crippen LogP contribution is 2.20. The van der Waals surface area contributed by atoms with Gasteiger partial charge in [-0.2, -0.15) is 0 Å². The van der Waals surface area contributed by atoms with Gasteiger partial charge in [-0.05, 0) is 32.1 Å². The van der Waals surface area contributed by atoms with E-state index in [0.717, 1.165) is 38.5 Å². The molecule has 0 saturated carbocycles. The molecule has 0 aliphatic rings. The van der Waals surface area contributed by atoms with E-state index in [1.54, 1.807) is 6.08 Å². The van der Waals surface area contributed by atoms with Gasteiger partial charge in [0.1, 0.15) is 0 Å². The topological polar surface area (TPSA) is 95.9 Å². The van der Waals surface area contributed by atoms with Crippen molar-refractivity contribution in [2.45, 2.75) is 443 Å². The van der Waals surface area contributed by atoms with Crippen LogP contribution in [0.1, 0.15) is 431 Å². The van der Waals surface area contributed by atoms with Gasteiger partial charge in [0, 0.05) is 12.8 Å². The van der Waals surface area contributed by atoms with E-state index in [0.29, 0.717) is 19.4 Å². The van der Waals surface area contributed by atoms with Gasteiger partial charge < -0.3 is 20.3 Å². The van der Waals surface area contributed by atoms with Crippen LogP contribution in [0.3, 0.4) is 0 Å². The van der Waals surface area contributed by atoms with Crippen LogP contribution in [0.4, 0.5) is 0 Å². The number of carbonyl (C=O) groups is 2. The first-order chi connectivity index (χ1) is 40.0. The van der Waals surface area contributed by atoms with Crippen LogP contribution in [0, 0.1) is 0 Å². The van der Waals surface area contributed by atoms with Crippen LogP contribution in [0.5, 0.6) is 0 Å². The van der Waals surface area contributed by atoms with Crippen molar-refractivity contribution in [3.8, 4) is 0 Å². The Morgan fingerprint density at radius 1 is 0.333 bits per heavy atom. The zero-order chi connectivity index (χ0) is 58.5. The molecule has 0 aromatic rings. The summed E-state index contributed by atoms with van der Waals surface area (Å²) in [4.78, 5) is 24.5. The molecule has 81 heavy (non-hydrogen) atoms. The van der Waals surface area contributed by atoms with E-state index in [-0.39, 0.29) is 18.5 Å². The van der Waals surface area contributed by atoms with E-state index in [4.69, 9.17) is 4.74 Å². The van der Waals surface area contributed by atoms with Gasteiger partial charge in [0.25, 0.3) is 0 Å². The number of esters is 1. The molecule has 0 aliphatic carbocycles. The van der Waals surface area contributed by atoms with Gasteiger partial charge in [-0.15, -0.1) is 0 Å². The highest BCUT2D eigenvalue weighted by atomic mass is 16.5. The molecule has 0 fully saturated rings. The normalized spacial score (nSPS) is 12.5. The predicted octanol–water partition coefficient (Wildman–Crippen LogP) is 24.3. The molecular weight excluding hydrogens is 995 g/mol. The minimum Gasteiger partial charge on any atom is -0.466 e. The van der Waals surface area contributed by atoms with Crippen molar-refractivity contribution >= 4 is 11.9 Å². The number of hydrogen-bond acceptors (Lipinski definition) is 5. The molecule has 0 spiro atoms. The SMILES string of the molecule is CCCCCCCCCC/C=C/C(O)C(CO)NC(=O)CCCCCCCCCCCCCCCCCCCCCCCCCCCCCCCCCCCCCCCOC(=O)CCCCCCCCCCCCCCCCCCC. The molecule has 2 atom stereocenters. The number of allylic oxidation sites excluding steroid dienone is 1. The first kappa shape index (κ1) is 79.6. The summed E-state index contributed by atoms with van der Waals surface area (Å²) in [7, 11) is 0. The van der Waals surface area contributed by atoms with Crippen molar-refractivity contribution in [3.63, 3.8) is 0 Å². The maximum Gasteiger partial charge on any atom is 0.305 e. The summed E-state index contributed by atoms with van der Waals surface area (Å²) >= 11 is 0. The maximum absolute atomic E-state index is 12.4. The van der Waals surface area contributed by atoms with E-state index in [1.807, 2.05) is 6.08 Å². The number of amides is 1. The van der Waals surface area contributed by atoms with Gasteiger partial charge in [-0.1, -0.05) is 398 Å². The van der Waals surface area contributed by atoms with Crippen LogP contribution in [-0.4, -0.2) is 47.4 Å². The van der Waals surface area contributed by atoms with Gasteiger partial charge in [0.15, 0.2) is 0 Å². The minimum absolute atomic E-state index is 0.0281. The highest BCUT2D eigenvalue weighted by molar-refractivity contribution is 5.76. The Labute approximate surface area is 508 Å². The van der Waals surface area contributed by atoms with Gasteiger partial charge in [0.05, 0.1) is 25.4 Å². The molecule has 0 saturated heterocycles. The number of aliphatic hydroxyl groups is 2. The van der Waals surface area contributed by atoms with Crippen molar-refractivity contribution < 1.29 is 24.5 Å². The summed E-state index contributed by atoms with van der Waals surface area (Å²) in [5.74, 6) is -0.0339. The second-order valence-corrected chi connectivity index (χ2v) is 26.0. The van der Waals surface area contributed by atoms with Crippen molar-refractivity contribution in [2.75, 3.05) is 13.2 Å². The molecule has 0 rings (SSSR count). The second kappa shape index (κ2) is 71.1. The van der Waals surface area contributed by atoms with Gasteiger partial charge >= 0.3 is 5.97 Å². The molecule has 482 valence electrons. The molecule has 3 N–H and O–H groups in total. The van der Waals surface area contributed by atoms with Crippen molar-refractivity contribution in [3.05, 3.63) is 12.2 Å². The molecular formula is C75H147NO5. The molecule has 0 aromatic carbocycles. The number of unbranched alkanes of at least 4 members (excludes halogenated alkanes) is 60. The first-order valence-electron chi connectivity index (χ1n) is 37.5. The van der Waals surface area contributed by atoms with Crippen LogP contribution >= 0.6 is 0 Å². The lowest BCUT2D eigenvalue weighted by Crippen LogP contribution is -2.45. The Hall–Kier alpha value is -1.40. The molecule has 2 unspecified atom stereocenters. The largest absolute Gasteiger partial charge is 0.466 e. The van der Waals surface area contributed by atoms with Crippen LogP contribution in [0.15, 0.2) is 12.2 Å². The molecule has 0 aliphatic heterocycles. The first-order valence-corrected chi connectivity index (χ1v) is 37.5. The molecule has 0 radical (unpaired) electrons. The van der Waals surface area contributed by atoms with E-state index in [1.165, 1.54) is 366 Å². The zero-order valence-corrected chi connectivity index (χ0v) is 55.3. The van der Waals surface area contributed by atoms with Gasteiger partial charge in [0.2, 0.25) is 5.91 Å². The Bertz CT molecular complexity index is 1220. The summed E-state index contributed by atoms with van der Waals surface area (Å²) in [6.45, 7) is 4.93. The Balaban J connectivity index is 3.26. The van der Waals surface area contributed by atoms with Crippen molar-refractivity contribution in [1.29, 1.82) is 0 Å². The van der Waals surface area contributed by atoms with Crippen molar-refractivity contribution in [1.82, 2.24) is 5.32 Å². The third-order valence-corrected chi connectivity index (χ3v) is 17.8. The van der Waals surface area contributed by atoms with Gasteiger partial charge in [-0.25, -0.2) is 0 Å². The zero-order valence-electron chi connectivity index (χ0n) is 55.3. The summed E-state index contributed by atoms with van der Waals surface area (Å²) in [6, 6.07) is -0.621. The van der Waals surface area contributed by atoms with E-state index >= 15 is 0 Å². The van der Waals surface area contributed by atoms with E-state index < -0.39 is 12.1 Å². The Kier molecular flexibility index (Phi) is 69.9. The monoisotopic (exact) mass is 1140 g/mol. The number of rotatable bonds is 71. The number of hydrogen-bond donors (Lipinski definition) is 3. The number of ether oxygens (including phenoxy) is 1. The maximum atomic E-state index is 12.4. The third-order valence-electron chi connectivity index (χ3n) is 17.8. The van der Waals surface area contributed by atoms with E-state index in [2.05, 4.69) is 19.2 Å². The summed E-state index contributed by atoms with van der Waals surface area (Å²) in [5, 5.41) is 23.0. The summed E-state index contributed by atoms with van der Waals surface area (Å²) in [5.41, 5.74) is 0. The average molecular weight is 1140 g/mol. The average Bonchev–Trinajstić information content (AvgIpc) is 3.47. The number of nitrogens with one attached hydrogen (secondary N) is 1. The second-order valence-electron chi connectivity index (χ2n) is 26.0. The fourth-order valence-electron chi connectivity index (χ4n) is 12.1. The molecule has 1 amide bonds. The number of carbonyl (C=O) groups excluding carboxylic acids is 2. The third kappa shape index (κ3) is 67.6. The van der Waals surface area contributed by atoms with Crippen LogP contribution in [0.25, 0.3) is 0 Å². The Morgan fingerprint density at radius 3 is 0.840 bits per heavy atom. The lowest BCUT2D eigenvalue weighted by atomic mass is 10.0. The summed E-state index contributed by atoms with van der Waals surface area (Å²) < 4.78 is 5.52. The van der Waals surface area contributed by atoms with Crippen LogP contribution in [0.2, 0.25) is 0 Å². The standard InChI is InChI=1S/C75H147NO5/c1-3-5-7-9-11-13-15-16-17-39-43-46-49-53-57-61-65-69-75(80)81-70-66-62-58-54-50-47-44-41-38-36-34-32-30-28-26-24-22-20-18-19-21-23-25-27-29-31-33-35-37-40-42-45-48-52-56-60-64-68-74(79)76-72(71-77)73(78)67-63-59-55-51-14-12-10-8-6-4-2/h63,67,72-73,77-78H,3-62,64-66,68-71H2,1-2H3,(H,76,79)/b67-63+. The van der Waals surface area contributed by atoms with Gasteiger partial charge in [-0.3, -0.25) is 9.59 Å². The molecule has 0 aromatic heterocycles. The minimum atomic E-state index is -0.838. The predicted molar refractivity (Wildman–Crippen MR) is 357 cm³/mol. The quantitative estimate of drug-likeness (QED) is 0.0320. The van der Waals surface area contributed by atoms with Crippen molar-refractivity contribution in [2.24, 2.45) is 0 Å². The molecule has 6 heteroatoms. The van der Waals surface area contributed by atoms with E-state index in [9.17, 15) is 19.8 Å². The lowest BCUT2D eigenvalue weighted by molar-refractivity contribution is -0.143. The van der Waals surface area contributed by atoms with Crippen LogP contribution in [-0.2, 0) is 14.3 Å². The number of aliphatic hydroxyl groups excluding tert-OH is 2. The molecule has 6 nitrogen and oxygen atoms in total. The molecule has 0 bridgehead atoms. The fourth-order valence-corrected chi connectivity index (χ4v) is 12.1. The highest BCUT2D eigenvalue weighted by Gasteiger charge is 2.18. The fraction of sp³-hybridized carbons (Fsp3) is 0.947.